The molecule has 1 fully saturated rings. The van der Waals surface area contributed by atoms with Gasteiger partial charge in [0.05, 0.1) is 12.2 Å². The molecule has 106 valence electrons. The summed E-state index contributed by atoms with van der Waals surface area (Å²) in [7, 11) is 0. The third-order valence-electron chi connectivity index (χ3n) is 2.63. The molecule has 3 N–H and O–H groups in total. The van der Waals surface area contributed by atoms with E-state index in [1.54, 1.807) is 0 Å². The molecular weight excluding hydrogens is 278 g/mol. The maximum absolute atomic E-state index is 11.7. The molecule has 1 atom stereocenters. The van der Waals surface area contributed by atoms with E-state index in [9.17, 15) is 14.4 Å². The third-order valence-corrected chi connectivity index (χ3v) is 3.63. The van der Waals surface area contributed by atoms with Gasteiger partial charge in [-0.15, -0.1) is 11.8 Å². The molecule has 1 unspecified atom stereocenters. The van der Waals surface area contributed by atoms with Gasteiger partial charge in [-0.3, -0.25) is 14.9 Å². The van der Waals surface area contributed by atoms with Gasteiger partial charge in [0.25, 0.3) is 0 Å². The molecule has 20 heavy (non-hydrogen) atoms. The van der Waals surface area contributed by atoms with Crippen molar-refractivity contribution in [2.45, 2.75) is 18.3 Å². The van der Waals surface area contributed by atoms with Gasteiger partial charge >= 0.3 is 6.03 Å². The average molecular weight is 293 g/mol. The number of rotatable bonds is 5. The summed E-state index contributed by atoms with van der Waals surface area (Å²) in [5, 5.41) is 7.19. The number of hydrogen-bond acceptors (Lipinski definition) is 4. The first kappa shape index (κ1) is 14.4. The molecule has 1 aromatic rings. The quantitative estimate of drug-likeness (QED) is 0.741. The molecule has 6 nitrogen and oxygen atoms in total. The van der Waals surface area contributed by atoms with E-state index < -0.39 is 18.1 Å². The van der Waals surface area contributed by atoms with Crippen LogP contribution < -0.4 is 16.0 Å². The summed E-state index contributed by atoms with van der Waals surface area (Å²) in [5.41, 5.74) is 1.15. The molecule has 4 amide bonds. The molecule has 2 rings (SSSR count). The Morgan fingerprint density at radius 1 is 1.30 bits per heavy atom. The largest absolute Gasteiger partial charge is 0.335 e. The minimum absolute atomic E-state index is 0.0564. The van der Waals surface area contributed by atoms with Crippen LogP contribution in [-0.2, 0) is 15.3 Å². The molecule has 0 spiro atoms. The number of amides is 4. The lowest BCUT2D eigenvalue weighted by Crippen LogP contribution is -2.58. The summed E-state index contributed by atoms with van der Waals surface area (Å²) in [5.74, 6) is 0.427. The Hall–Kier alpha value is -2.02. The van der Waals surface area contributed by atoms with E-state index >= 15 is 0 Å². The molecule has 1 aromatic carbocycles. The van der Waals surface area contributed by atoms with Crippen LogP contribution in [0, 0.1) is 0 Å². The standard InChI is InChI=1S/C13H15N3O3S/c17-11-6-10(15-13(19)16-11)14-12(18)8-20-7-9-4-2-1-3-5-9/h1-5,10H,6-8H2,(H,14,18)(H2,15,16,17,19). The molecular formula is C13H15N3O3S. The van der Waals surface area contributed by atoms with Gasteiger partial charge in [-0.25, -0.2) is 4.79 Å². The fourth-order valence-corrected chi connectivity index (χ4v) is 2.57. The second kappa shape index (κ2) is 6.95. The van der Waals surface area contributed by atoms with Crippen molar-refractivity contribution in [2.75, 3.05) is 5.75 Å². The highest BCUT2D eigenvalue weighted by Gasteiger charge is 2.24. The minimum Gasteiger partial charge on any atom is -0.335 e. The second-order valence-electron chi connectivity index (χ2n) is 4.32. The normalized spacial score (nSPS) is 18.1. The molecule has 0 saturated carbocycles. The average Bonchev–Trinajstić information content (AvgIpc) is 2.38. The lowest BCUT2D eigenvalue weighted by Gasteiger charge is -2.23. The van der Waals surface area contributed by atoms with Crippen molar-refractivity contribution in [1.82, 2.24) is 16.0 Å². The van der Waals surface area contributed by atoms with Crippen LogP contribution in [0.15, 0.2) is 30.3 Å². The highest BCUT2D eigenvalue weighted by molar-refractivity contribution is 7.99. The van der Waals surface area contributed by atoms with E-state index in [1.165, 1.54) is 11.8 Å². The van der Waals surface area contributed by atoms with Crippen molar-refractivity contribution in [2.24, 2.45) is 0 Å². The van der Waals surface area contributed by atoms with Crippen molar-refractivity contribution in [1.29, 1.82) is 0 Å². The van der Waals surface area contributed by atoms with Crippen LogP contribution in [0.2, 0.25) is 0 Å². The monoisotopic (exact) mass is 293 g/mol. The predicted octanol–water partition coefficient (Wildman–Crippen LogP) is 0.592. The zero-order chi connectivity index (χ0) is 14.4. The van der Waals surface area contributed by atoms with Crippen molar-refractivity contribution in [3.63, 3.8) is 0 Å². The van der Waals surface area contributed by atoms with Crippen molar-refractivity contribution >= 4 is 29.6 Å². The summed E-state index contributed by atoms with van der Waals surface area (Å²) in [6.07, 6.45) is -0.568. The van der Waals surface area contributed by atoms with Crippen LogP contribution in [0.4, 0.5) is 4.79 Å². The van der Waals surface area contributed by atoms with Crippen molar-refractivity contribution in [3.8, 4) is 0 Å². The number of carbonyl (C=O) groups excluding carboxylic acids is 3. The Balaban J connectivity index is 1.70. The lowest BCUT2D eigenvalue weighted by atomic mass is 10.2. The van der Waals surface area contributed by atoms with Gasteiger partial charge in [0.2, 0.25) is 11.8 Å². The first-order chi connectivity index (χ1) is 9.63. The first-order valence-electron chi connectivity index (χ1n) is 6.15. The predicted molar refractivity (Wildman–Crippen MR) is 75.8 cm³/mol. The minimum atomic E-state index is -0.624. The number of benzene rings is 1. The first-order valence-corrected chi connectivity index (χ1v) is 7.30. The summed E-state index contributed by atoms with van der Waals surface area (Å²) >= 11 is 1.48. The van der Waals surface area contributed by atoms with Crippen LogP contribution in [0.1, 0.15) is 12.0 Å². The van der Waals surface area contributed by atoms with Crippen LogP contribution >= 0.6 is 11.8 Å². The van der Waals surface area contributed by atoms with E-state index in [1.807, 2.05) is 30.3 Å². The van der Waals surface area contributed by atoms with Crippen LogP contribution in [0.5, 0.6) is 0 Å². The summed E-state index contributed by atoms with van der Waals surface area (Å²) in [4.78, 5) is 33.9. The molecule has 1 heterocycles. The smallest absolute Gasteiger partial charge is 0.323 e. The topological polar surface area (TPSA) is 87.3 Å². The van der Waals surface area contributed by atoms with Crippen LogP contribution in [0.25, 0.3) is 0 Å². The Kier molecular flexibility index (Phi) is 5.00. The number of urea groups is 1. The number of carbonyl (C=O) groups is 3. The number of thioether (sulfide) groups is 1. The Morgan fingerprint density at radius 2 is 2.05 bits per heavy atom. The maximum atomic E-state index is 11.7. The molecule has 0 radical (unpaired) electrons. The summed E-state index contributed by atoms with van der Waals surface area (Å²) in [6, 6.07) is 9.26. The van der Waals surface area contributed by atoms with E-state index in [0.29, 0.717) is 0 Å². The van der Waals surface area contributed by atoms with Gasteiger partial charge < -0.3 is 10.6 Å². The molecule has 0 bridgehead atoms. The fraction of sp³-hybridized carbons (Fsp3) is 0.308. The molecule has 0 aliphatic carbocycles. The highest BCUT2D eigenvalue weighted by atomic mass is 32.2. The molecule has 1 aliphatic rings. The van der Waals surface area contributed by atoms with Gasteiger partial charge in [0.15, 0.2) is 0 Å². The van der Waals surface area contributed by atoms with Gasteiger partial charge in [-0.1, -0.05) is 30.3 Å². The second-order valence-corrected chi connectivity index (χ2v) is 5.31. The van der Waals surface area contributed by atoms with Gasteiger partial charge in [0, 0.05) is 5.75 Å². The van der Waals surface area contributed by atoms with Gasteiger partial charge in [0.1, 0.15) is 6.17 Å². The van der Waals surface area contributed by atoms with Gasteiger partial charge in [-0.05, 0) is 5.56 Å². The highest BCUT2D eigenvalue weighted by Crippen LogP contribution is 2.11. The summed E-state index contributed by atoms with van der Waals surface area (Å²) in [6.45, 7) is 0. The van der Waals surface area contributed by atoms with E-state index in [0.717, 1.165) is 11.3 Å². The number of hydrogen-bond donors (Lipinski definition) is 3. The zero-order valence-corrected chi connectivity index (χ0v) is 11.5. The fourth-order valence-electron chi connectivity index (χ4n) is 1.77. The summed E-state index contributed by atoms with van der Waals surface area (Å²) < 4.78 is 0. The van der Waals surface area contributed by atoms with E-state index in [-0.39, 0.29) is 18.1 Å². The molecule has 1 saturated heterocycles. The van der Waals surface area contributed by atoms with Crippen molar-refractivity contribution in [3.05, 3.63) is 35.9 Å². The lowest BCUT2D eigenvalue weighted by molar-refractivity contribution is -0.122. The van der Waals surface area contributed by atoms with Gasteiger partial charge in [-0.2, -0.15) is 0 Å². The Bertz CT molecular complexity index is 491. The van der Waals surface area contributed by atoms with Crippen LogP contribution in [0.3, 0.4) is 0 Å². The van der Waals surface area contributed by atoms with Crippen molar-refractivity contribution < 1.29 is 14.4 Å². The molecule has 7 heteroatoms. The van der Waals surface area contributed by atoms with E-state index in [4.69, 9.17) is 0 Å². The Morgan fingerprint density at radius 3 is 2.75 bits per heavy atom. The molecule has 0 aromatic heterocycles. The Labute approximate surface area is 120 Å². The molecule has 1 aliphatic heterocycles. The zero-order valence-electron chi connectivity index (χ0n) is 10.7. The SMILES string of the molecule is O=C1CC(NC(=O)CSCc2ccccc2)NC(=O)N1. The maximum Gasteiger partial charge on any atom is 0.323 e. The number of imide groups is 1. The third kappa shape index (κ3) is 4.58. The van der Waals surface area contributed by atoms with E-state index in [2.05, 4.69) is 16.0 Å². The number of nitrogens with one attached hydrogen (secondary N) is 3. The van der Waals surface area contributed by atoms with Crippen LogP contribution in [-0.4, -0.2) is 29.8 Å².